The van der Waals surface area contributed by atoms with Crippen LogP contribution in [-0.2, 0) is 21.7 Å². The summed E-state index contributed by atoms with van der Waals surface area (Å²) < 4.78 is 19.1. The normalized spacial score (nSPS) is 14.8. The number of fused-ring (bicyclic) bond motifs is 1. The van der Waals surface area contributed by atoms with Crippen LogP contribution in [0.15, 0.2) is 59.1 Å². The second kappa shape index (κ2) is 8.11. The molecule has 1 atom stereocenters. The van der Waals surface area contributed by atoms with Gasteiger partial charge in [-0.2, -0.15) is 0 Å². The summed E-state index contributed by atoms with van der Waals surface area (Å²) in [5, 5.41) is 9.08. The molecule has 0 unspecified atom stereocenters. The summed E-state index contributed by atoms with van der Waals surface area (Å²) in [5.74, 6) is -1.52. The van der Waals surface area contributed by atoms with E-state index in [1.54, 1.807) is 6.07 Å². The van der Waals surface area contributed by atoms with Crippen molar-refractivity contribution in [3.05, 3.63) is 77.3 Å². The molecule has 0 saturated carbocycles. The van der Waals surface area contributed by atoms with E-state index in [1.807, 2.05) is 30.3 Å². The van der Waals surface area contributed by atoms with Gasteiger partial charge in [0.15, 0.2) is 11.3 Å². The predicted octanol–water partition coefficient (Wildman–Crippen LogP) is 1.82. The number of amides is 3. The van der Waals surface area contributed by atoms with Crippen LogP contribution in [0, 0.1) is 5.82 Å². The molecule has 0 spiro atoms. The summed E-state index contributed by atoms with van der Waals surface area (Å²) in [6.45, 7) is 0.0215. The summed E-state index contributed by atoms with van der Waals surface area (Å²) in [5.41, 5.74) is 0.556. The zero-order chi connectivity index (χ0) is 22.0. The van der Waals surface area contributed by atoms with Gasteiger partial charge in [-0.15, -0.1) is 0 Å². The highest BCUT2D eigenvalue weighted by Gasteiger charge is 2.46. The van der Waals surface area contributed by atoms with Gasteiger partial charge in [-0.05, 0) is 24.7 Å². The smallest absolute Gasteiger partial charge is 0.256 e. The maximum atomic E-state index is 13.6. The van der Waals surface area contributed by atoms with Gasteiger partial charge in [-0.3, -0.25) is 25.0 Å². The Morgan fingerprint density at radius 2 is 2.03 bits per heavy atom. The Morgan fingerprint density at radius 1 is 1.26 bits per heavy atom. The summed E-state index contributed by atoms with van der Waals surface area (Å²) >= 11 is 0. The summed E-state index contributed by atoms with van der Waals surface area (Å²) in [6.07, 6.45) is 0.263. The number of halogens is 1. The molecule has 158 valence electrons. The summed E-state index contributed by atoms with van der Waals surface area (Å²) in [7, 11) is 1.52. The van der Waals surface area contributed by atoms with E-state index in [9.17, 15) is 18.8 Å². The number of carbonyl (C=O) groups is 3. The highest BCUT2D eigenvalue weighted by Crippen LogP contribution is 2.31. The zero-order valence-corrected chi connectivity index (χ0v) is 16.6. The van der Waals surface area contributed by atoms with E-state index in [4.69, 9.17) is 4.52 Å². The molecule has 1 aromatic heterocycles. The molecule has 0 fully saturated rings. The number of carbonyl (C=O) groups excluding carboxylic acids is 3. The molecule has 31 heavy (non-hydrogen) atoms. The Kier molecular flexibility index (Phi) is 5.35. The van der Waals surface area contributed by atoms with Gasteiger partial charge in [0.05, 0.1) is 6.54 Å². The third-order valence-corrected chi connectivity index (χ3v) is 5.38. The highest BCUT2D eigenvalue weighted by molar-refractivity contribution is 6.00. The van der Waals surface area contributed by atoms with E-state index >= 15 is 0 Å². The van der Waals surface area contributed by atoms with E-state index < -0.39 is 23.2 Å². The van der Waals surface area contributed by atoms with Gasteiger partial charge in [0, 0.05) is 23.7 Å². The minimum absolute atomic E-state index is 0.128. The number of hydrogen-bond acceptors (Lipinski definition) is 6. The third-order valence-electron chi connectivity index (χ3n) is 5.38. The van der Waals surface area contributed by atoms with Crippen LogP contribution in [0.5, 0.6) is 0 Å². The van der Waals surface area contributed by atoms with Crippen molar-refractivity contribution in [2.75, 3.05) is 13.6 Å². The van der Waals surface area contributed by atoms with Gasteiger partial charge in [0.25, 0.3) is 11.8 Å². The van der Waals surface area contributed by atoms with Gasteiger partial charge in [-0.25, -0.2) is 4.39 Å². The molecule has 3 aromatic rings. The molecule has 0 aliphatic carbocycles. The van der Waals surface area contributed by atoms with Gasteiger partial charge >= 0.3 is 0 Å². The van der Waals surface area contributed by atoms with Crippen LogP contribution in [0.2, 0.25) is 0 Å². The van der Waals surface area contributed by atoms with Crippen molar-refractivity contribution >= 4 is 18.2 Å². The van der Waals surface area contributed by atoms with E-state index in [-0.39, 0.29) is 30.8 Å². The molecule has 0 saturated heterocycles. The fraction of sp³-hybridized carbons (Fsp3) is 0.182. The minimum Gasteiger partial charge on any atom is -0.358 e. The van der Waals surface area contributed by atoms with Crippen molar-refractivity contribution in [3.8, 4) is 11.3 Å². The lowest BCUT2D eigenvalue weighted by Gasteiger charge is -2.32. The molecule has 2 aromatic carbocycles. The molecule has 1 aliphatic heterocycles. The molecule has 2 N–H and O–H groups in total. The van der Waals surface area contributed by atoms with Gasteiger partial charge in [0.1, 0.15) is 11.5 Å². The standard InChI is InChI=1S/C22H19FN4O4/c1-24-22(21(30)25-13-28,19-10-18(26-31-19)14-5-3-2-4-6-14)12-27-11-15-7-8-16(23)9-17(15)20(27)29/h2-10,13,24H,11-12H2,1H3,(H,25,28,30)/t22-/m0/s1. The van der Waals surface area contributed by atoms with Crippen LogP contribution in [-0.4, -0.2) is 41.9 Å². The van der Waals surface area contributed by atoms with Crippen LogP contribution < -0.4 is 10.6 Å². The molecule has 0 radical (unpaired) electrons. The number of rotatable bonds is 7. The number of nitrogens with one attached hydrogen (secondary N) is 2. The fourth-order valence-electron chi connectivity index (χ4n) is 3.72. The van der Waals surface area contributed by atoms with Gasteiger partial charge < -0.3 is 9.42 Å². The summed E-state index contributed by atoms with van der Waals surface area (Å²) in [6, 6.07) is 14.8. The van der Waals surface area contributed by atoms with Crippen LogP contribution >= 0.6 is 0 Å². The maximum Gasteiger partial charge on any atom is 0.256 e. The van der Waals surface area contributed by atoms with Crippen LogP contribution in [0.1, 0.15) is 21.7 Å². The molecule has 3 amide bonds. The zero-order valence-electron chi connectivity index (χ0n) is 16.6. The lowest BCUT2D eigenvalue weighted by Crippen LogP contribution is -2.58. The molecular formula is C22H19FN4O4. The highest BCUT2D eigenvalue weighted by atomic mass is 19.1. The number of likely N-dealkylation sites (N-methyl/N-ethyl adjacent to an activating group) is 1. The first-order chi connectivity index (χ1) is 15.0. The van der Waals surface area contributed by atoms with Crippen molar-refractivity contribution < 1.29 is 23.3 Å². The van der Waals surface area contributed by atoms with Gasteiger partial charge in [-0.1, -0.05) is 41.6 Å². The molecular weight excluding hydrogens is 403 g/mol. The molecule has 9 heteroatoms. The predicted molar refractivity (Wildman–Crippen MR) is 108 cm³/mol. The van der Waals surface area contributed by atoms with Gasteiger partial charge in [0.2, 0.25) is 6.41 Å². The monoisotopic (exact) mass is 422 g/mol. The second-order valence-electron chi connectivity index (χ2n) is 7.15. The van der Waals surface area contributed by atoms with Crippen molar-refractivity contribution in [2.45, 2.75) is 12.1 Å². The number of nitrogens with zero attached hydrogens (tertiary/aromatic N) is 2. The molecule has 1 aliphatic rings. The summed E-state index contributed by atoms with van der Waals surface area (Å²) in [4.78, 5) is 38.3. The first-order valence-corrected chi connectivity index (χ1v) is 9.52. The molecule has 8 nitrogen and oxygen atoms in total. The fourth-order valence-corrected chi connectivity index (χ4v) is 3.72. The second-order valence-corrected chi connectivity index (χ2v) is 7.15. The average Bonchev–Trinajstić information content (AvgIpc) is 3.39. The van der Waals surface area contributed by atoms with Crippen molar-refractivity contribution in [2.24, 2.45) is 0 Å². The first-order valence-electron chi connectivity index (χ1n) is 9.52. The topological polar surface area (TPSA) is 105 Å². The van der Waals surface area contributed by atoms with E-state index in [2.05, 4.69) is 15.8 Å². The number of imide groups is 1. The Morgan fingerprint density at radius 3 is 2.74 bits per heavy atom. The lowest BCUT2D eigenvalue weighted by molar-refractivity contribution is -0.132. The maximum absolute atomic E-state index is 13.6. The quantitative estimate of drug-likeness (QED) is 0.563. The lowest BCUT2D eigenvalue weighted by atomic mass is 9.93. The van der Waals surface area contributed by atoms with Crippen molar-refractivity contribution in [3.63, 3.8) is 0 Å². The molecule has 2 heterocycles. The number of benzene rings is 2. The van der Waals surface area contributed by atoms with Crippen LogP contribution in [0.25, 0.3) is 11.3 Å². The van der Waals surface area contributed by atoms with E-state index in [1.165, 1.54) is 30.1 Å². The average molecular weight is 422 g/mol. The Hall–Kier alpha value is -3.85. The Bertz CT molecular complexity index is 1150. The van der Waals surface area contributed by atoms with Crippen LogP contribution in [0.3, 0.4) is 0 Å². The van der Waals surface area contributed by atoms with Crippen molar-refractivity contribution in [1.82, 2.24) is 20.7 Å². The molecule has 0 bridgehead atoms. The number of hydrogen-bond donors (Lipinski definition) is 2. The minimum atomic E-state index is -1.60. The van der Waals surface area contributed by atoms with E-state index in [0.29, 0.717) is 11.3 Å². The Labute approximate surface area is 177 Å². The van der Waals surface area contributed by atoms with Crippen LogP contribution in [0.4, 0.5) is 4.39 Å². The third kappa shape index (κ3) is 3.59. The Balaban J connectivity index is 1.71. The number of aromatic nitrogens is 1. The van der Waals surface area contributed by atoms with Crippen molar-refractivity contribution in [1.29, 1.82) is 0 Å². The first kappa shape index (κ1) is 20.4. The molecule has 4 rings (SSSR count). The van der Waals surface area contributed by atoms with E-state index in [0.717, 1.165) is 5.56 Å². The largest absolute Gasteiger partial charge is 0.358 e. The SMILES string of the molecule is CN[C@](CN1Cc2ccc(F)cc2C1=O)(C(=O)NC=O)c1cc(-c2ccccc2)no1.